The number of amides is 1. The van der Waals surface area contributed by atoms with Crippen molar-refractivity contribution in [3.8, 4) is 21.8 Å². The van der Waals surface area contributed by atoms with Crippen LogP contribution in [0.2, 0.25) is 0 Å². The smallest absolute Gasteiger partial charge is 0.339 e. The molecule has 9 heteroatoms. The third kappa shape index (κ3) is 3.89. The summed E-state index contributed by atoms with van der Waals surface area (Å²) in [5.74, 6) is -0.0405. The van der Waals surface area contributed by atoms with Crippen LogP contribution < -0.4 is 0 Å². The molecule has 1 aliphatic heterocycles. The van der Waals surface area contributed by atoms with E-state index in [-0.39, 0.29) is 11.8 Å². The minimum atomic E-state index is -4.38. The standard InChI is InChI=1S/C21H19F3N4OS/c1-3-20(29)28-9-6-13(12-28)15-11-25-17(10-14(15)16-7-8-27(2)26-16)18-4-5-19(30-18)21(22,23)24/h3-5,7-8,10-11,13H,1,6,9,12H2,2H3/t13-/m0/s1. The number of alkyl halides is 3. The van der Waals surface area contributed by atoms with Gasteiger partial charge >= 0.3 is 6.18 Å². The molecule has 0 aromatic carbocycles. The van der Waals surface area contributed by atoms with Gasteiger partial charge in [-0.05, 0) is 42.3 Å². The van der Waals surface area contributed by atoms with Crippen LogP contribution in [0, 0.1) is 0 Å². The van der Waals surface area contributed by atoms with Gasteiger partial charge in [-0.3, -0.25) is 14.5 Å². The van der Waals surface area contributed by atoms with E-state index >= 15 is 0 Å². The van der Waals surface area contributed by atoms with Crippen molar-refractivity contribution < 1.29 is 18.0 Å². The van der Waals surface area contributed by atoms with Crippen molar-refractivity contribution in [2.75, 3.05) is 13.1 Å². The number of carbonyl (C=O) groups excluding carboxylic acids is 1. The fraction of sp³-hybridized carbons (Fsp3) is 0.286. The van der Waals surface area contributed by atoms with E-state index in [0.717, 1.165) is 29.3 Å². The Morgan fingerprint density at radius 2 is 2.10 bits per heavy atom. The zero-order valence-corrected chi connectivity index (χ0v) is 17.0. The molecule has 1 aliphatic rings. The maximum atomic E-state index is 13.0. The quantitative estimate of drug-likeness (QED) is 0.560. The number of nitrogens with zero attached hydrogens (tertiary/aromatic N) is 4. The van der Waals surface area contributed by atoms with Crippen LogP contribution in [0.25, 0.3) is 21.8 Å². The van der Waals surface area contributed by atoms with Crippen molar-refractivity contribution in [2.24, 2.45) is 7.05 Å². The third-order valence-corrected chi connectivity index (χ3v) is 6.33. The lowest BCUT2D eigenvalue weighted by molar-refractivity contribution is -0.134. The zero-order valence-electron chi connectivity index (χ0n) is 16.2. The molecule has 4 rings (SSSR count). The molecule has 1 atom stereocenters. The van der Waals surface area contributed by atoms with Gasteiger partial charge in [0, 0.05) is 44.0 Å². The molecule has 0 spiro atoms. The van der Waals surface area contributed by atoms with Gasteiger partial charge in [0.05, 0.1) is 16.3 Å². The van der Waals surface area contributed by atoms with Crippen molar-refractivity contribution >= 4 is 17.2 Å². The monoisotopic (exact) mass is 432 g/mol. The number of aromatic nitrogens is 3. The topological polar surface area (TPSA) is 51.0 Å². The number of hydrogen-bond acceptors (Lipinski definition) is 4. The van der Waals surface area contributed by atoms with Crippen LogP contribution in [0.3, 0.4) is 0 Å². The van der Waals surface area contributed by atoms with Crippen LogP contribution in [0.4, 0.5) is 13.2 Å². The summed E-state index contributed by atoms with van der Waals surface area (Å²) >= 11 is 0.670. The van der Waals surface area contributed by atoms with Crippen molar-refractivity contribution in [3.05, 3.63) is 59.8 Å². The number of carbonyl (C=O) groups is 1. The number of pyridine rings is 1. The third-order valence-electron chi connectivity index (χ3n) is 5.18. The fourth-order valence-electron chi connectivity index (χ4n) is 3.68. The van der Waals surface area contributed by atoms with E-state index in [0.29, 0.717) is 35.0 Å². The van der Waals surface area contributed by atoms with Gasteiger partial charge in [-0.2, -0.15) is 18.3 Å². The van der Waals surface area contributed by atoms with Crippen LogP contribution in [0.15, 0.2) is 49.3 Å². The molecule has 0 saturated carbocycles. The summed E-state index contributed by atoms with van der Waals surface area (Å²) in [6.07, 6.45) is 1.22. The number of hydrogen-bond donors (Lipinski definition) is 0. The van der Waals surface area contributed by atoms with E-state index in [4.69, 9.17) is 0 Å². The lowest BCUT2D eigenvalue weighted by Gasteiger charge is -2.17. The van der Waals surface area contributed by atoms with Gasteiger partial charge in [0.25, 0.3) is 0 Å². The van der Waals surface area contributed by atoms with Crippen molar-refractivity contribution in [3.63, 3.8) is 0 Å². The number of aryl methyl sites for hydroxylation is 1. The van der Waals surface area contributed by atoms with Gasteiger partial charge in [0.15, 0.2) is 0 Å². The summed E-state index contributed by atoms with van der Waals surface area (Å²) in [7, 11) is 1.81. The zero-order chi connectivity index (χ0) is 21.5. The minimum absolute atomic E-state index is 0.0709. The molecule has 0 bridgehead atoms. The molecular formula is C21H19F3N4OS. The Hall–Kier alpha value is -2.94. The van der Waals surface area contributed by atoms with E-state index in [1.807, 2.05) is 12.3 Å². The van der Waals surface area contributed by atoms with E-state index < -0.39 is 11.1 Å². The van der Waals surface area contributed by atoms with Crippen LogP contribution in [0.1, 0.15) is 22.8 Å². The number of thiophene rings is 1. The molecule has 0 aliphatic carbocycles. The van der Waals surface area contributed by atoms with E-state index in [1.165, 1.54) is 12.1 Å². The molecular weight excluding hydrogens is 413 g/mol. The van der Waals surface area contributed by atoms with E-state index in [1.54, 1.807) is 28.9 Å². The first kappa shape index (κ1) is 20.3. The predicted molar refractivity (Wildman–Crippen MR) is 109 cm³/mol. The summed E-state index contributed by atoms with van der Waals surface area (Å²) < 4.78 is 40.7. The molecule has 0 N–H and O–H groups in total. The average molecular weight is 432 g/mol. The highest BCUT2D eigenvalue weighted by molar-refractivity contribution is 7.15. The summed E-state index contributed by atoms with van der Waals surface area (Å²) in [4.78, 5) is 17.9. The minimum Gasteiger partial charge on any atom is -0.339 e. The first-order valence-corrected chi connectivity index (χ1v) is 10.2. The Morgan fingerprint density at radius 1 is 1.30 bits per heavy atom. The van der Waals surface area contributed by atoms with Crippen molar-refractivity contribution in [1.29, 1.82) is 0 Å². The van der Waals surface area contributed by atoms with E-state index in [2.05, 4.69) is 16.7 Å². The summed E-state index contributed by atoms with van der Waals surface area (Å²) in [6, 6.07) is 6.17. The fourth-order valence-corrected chi connectivity index (χ4v) is 4.52. The summed E-state index contributed by atoms with van der Waals surface area (Å²) in [5.41, 5.74) is 2.94. The number of likely N-dealkylation sites (tertiary alicyclic amines) is 1. The van der Waals surface area contributed by atoms with Crippen LogP contribution >= 0.6 is 11.3 Å². The normalized spacial score (nSPS) is 16.8. The van der Waals surface area contributed by atoms with Gasteiger partial charge in [-0.15, -0.1) is 11.3 Å². The lowest BCUT2D eigenvalue weighted by atomic mass is 9.93. The largest absolute Gasteiger partial charge is 0.425 e. The Labute approximate surface area is 175 Å². The molecule has 1 amide bonds. The Balaban J connectivity index is 1.74. The Morgan fingerprint density at radius 3 is 2.73 bits per heavy atom. The van der Waals surface area contributed by atoms with Crippen LogP contribution in [-0.4, -0.2) is 38.7 Å². The maximum absolute atomic E-state index is 13.0. The molecule has 1 fully saturated rings. The molecule has 0 radical (unpaired) electrons. The Kier molecular flexibility index (Phi) is 5.23. The van der Waals surface area contributed by atoms with Gasteiger partial charge in [0.2, 0.25) is 5.91 Å². The van der Waals surface area contributed by atoms with Crippen molar-refractivity contribution in [2.45, 2.75) is 18.5 Å². The maximum Gasteiger partial charge on any atom is 0.425 e. The SMILES string of the molecule is C=CC(=O)N1CC[C@H](c2cnc(-c3ccc(C(F)(F)F)s3)cc2-c2ccn(C)n2)C1. The summed E-state index contributed by atoms with van der Waals surface area (Å²) in [5, 5.41) is 4.48. The molecule has 5 nitrogen and oxygen atoms in total. The van der Waals surface area contributed by atoms with Crippen LogP contribution in [0.5, 0.6) is 0 Å². The highest BCUT2D eigenvalue weighted by Gasteiger charge is 2.33. The molecule has 1 saturated heterocycles. The molecule has 156 valence electrons. The summed E-state index contributed by atoms with van der Waals surface area (Å²) in [6.45, 7) is 4.71. The second-order valence-electron chi connectivity index (χ2n) is 7.17. The molecule has 30 heavy (non-hydrogen) atoms. The first-order chi connectivity index (χ1) is 14.3. The second kappa shape index (κ2) is 7.71. The highest BCUT2D eigenvalue weighted by atomic mass is 32.1. The Bertz CT molecular complexity index is 1100. The second-order valence-corrected chi connectivity index (χ2v) is 8.25. The first-order valence-electron chi connectivity index (χ1n) is 9.35. The highest BCUT2D eigenvalue weighted by Crippen LogP contribution is 2.40. The van der Waals surface area contributed by atoms with E-state index in [9.17, 15) is 18.0 Å². The predicted octanol–water partition coefficient (Wildman–Crippen LogP) is 4.73. The van der Waals surface area contributed by atoms with Gasteiger partial charge in [-0.1, -0.05) is 6.58 Å². The number of rotatable bonds is 4. The van der Waals surface area contributed by atoms with Gasteiger partial charge in [0.1, 0.15) is 4.88 Å². The molecule has 4 heterocycles. The average Bonchev–Trinajstić information content (AvgIpc) is 3.46. The van der Waals surface area contributed by atoms with Gasteiger partial charge in [-0.25, -0.2) is 0 Å². The van der Waals surface area contributed by atoms with Crippen molar-refractivity contribution in [1.82, 2.24) is 19.7 Å². The van der Waals surface area contributed by atoms with Crippen LogP contribution in [-0.2, 0) is 18.0 Å². The molecule has 3 aromatic heterocycles. The lowest BCUT2D eigenvalue weighted by Crippen LogP contribution is -2.26. The molecule has 0 unspecified atom stereocenters. The molecule has 3 aromatic rings. The number of halogens is 3. The van der Waals surface area contributed by atoms with Gasteiger partial charge < -0.3 is 4.90 Å².